The molecule has 1 aliphatic rings. The Kier molecular flexibility index (Phi) is 6.08. The van der Waals surface area contributed by atoms with Crippen molar-refractivity contribution in [1.82, 2.24) is 4.90 Å². The van der Waals surface area contributed by atoms with Crippen LogP contribution in [-0.4, -0.2) is 29.2 Å². The van der Waals surface area contributed by atoms with Crippen LogP contribution in [0.3, 0.4) is 0 Å². The Morgan fingerprint density at radius 1 is 1.25 bits per heavy atom. The number of nitrogens with zero attached hydrogens (tertiary/aromatic N) is 1. The molecule has 1 aromatic rings. The van der Waals surface area contributed by atoms with Gasteiger partial charge < -0.3 is 4.90 Å². The molecule has 0 spiro atoms. The molecule has 0 unspecified atom stereocenters. The summed E-state index contributed by atoms with van der Waals surface area (Å²) in [6.45, 7) is 4.03. The van der Waals surface area contributed by atoms with Crippen molar-refractivity contribution in [3.63, 3.8) is 0 Å². The standard InChI is InChI=1S/C17H24BrNO/c1-14-2-4-15(5-3-14)6-7-16-9-12-19(13-10-16)17(20)8-11-18/h2-5,16H,6-13H2,1H3. The molecule has 0 bridgehead atoms. The molecule has 20 heavy (non-hydrogen) atoms. The SMILES string of the molecule is Cc1ccc(CCC2CCN(C(=O)CCBr)CC2)cc1. The first-order valence-electron chi connectivity index (χ1n) is 7.58. The van der Waals surface area contributed by atoms with E-state index in [1.807, 2.05) is 4.90 Å². The van der Waals surface area contributed by atoms with Crippen LogP contribution in [0.15, 0.2) is 24.3 Å². The van der Waals surface area contributed by atoms with Gasteiger partial charge in [0, 0.05) is 24.8 Å². The summed E-state index contributed by atoms with van der Waals surface area (Å²) in [7, 11) is 0. The van der Waals surface area contributed by atoms with E-state index >= 15 is 0 Å². The number of hydrogen-bond donors (Lipinski definition) is 0. The summed E-state index contributed by atoms with van der Waals surface area (Å²) in [4.78, 5) is 13.8. The molecular weight excluding hydrogens is 314 g/mol. The van der Waals surface area contributed by atoms with Crippen LogP contribution in [0.5, 0.6) is 0 Å². The summed E-state index contributed by atoms with van der Waals surface area (Å²) in [6, 6.07) is 8.86. The van der Waals surface area contributed by atoms with Gasteiger partial charge in [-0.3, -0.25) is 4.79 Å². The predicted octanol–water partition coefficient (Wildman–Crippen LogP) is 3.95. The summed E-state index contributed by atoms with van der Waals surface area (Å²) in [6.07, 6.45) is 5.39. The summed E-state index contributed by atoms with van der Waals surface area (Å²) >= 11 is 3.34. The zero-order valence-electron chi connectivity index (χ0n) is 12.3. The number of likely N-dealkylation sites (tertiary alicyclic amines) is 1. The van der Waals surface area contributed by atoms with Gasteiger partial charge in [-0.15, -0.1) is 0 Å². The number of amides is 1. The van der Waals surface area contributed by atoms with Gasteiger partial charge in [0.05, 0.1) is 0 Å². The molecule has 0 N–H and O–H groups in total. The van der Waals surface area contributed by atoms with Gasteiger partial charge in [-0.25, -0.2) is 0 Å². The molecule has 1 saturated heterocycles. The first-order valence-corrected chi connectivity index (χ1v) is 8.70. The fourth-order valence-corrected chi connectivity index (χ4v) is 3.17. The number of halogens is 1. The first kappa shape index (κ1) is 15.6. The Hall–Kier alpha value is -0.830. The predicted molar refractivity (Wildman–Crippen MR) is 87.2 cm³/mol. The highest BCUT2D eigenvalue weighted by Crippen LogP contribution is 2.23. The van der Waals surface area contributed by atoms with E-state index in [0.717, 1.165) is 24.3 Å². The molecule has 2 nitrogen and oxygen atoms in total. The number of carbonyl (C=O) groups is 1. The van der Waals surface area contributed by atoms with Crippen LogP contribution in [-0.2, 0) is 11.2 Å². The van der Waals surface area contributed by atoms with Crippen LogP contribution in [0.2, 0.25) is 0 Å². The fraction of sp³-hybridized carbons (Fsp3) is 0.588. The second-order valence-electron chi connectivity index (χ2n) is 5.79. The van der Waals surface area contributed by atoms with Crippen molar-refractivity contribution in [2.75, 3.05) is 18.4 Å². The van der Waals surface area contributed by atoms with E-state index in [1.54, 1.807) is 0 Å². The minimum absolute atomic E-state index is 0.304. The molecule has 0 aromatic heterocycles. The number of benzene rings is 1. The van der Waals surface area contributed by atoms with Crippen LogP contribution in [0.1, 0.15) is 36.8 Å². The van der Waals surface area contributed by atoms with Crippen molar-refractivity contribution in [1.29, 1.82) is 0 Å². The number of piperidine rings is 1. The highest BCUT2D eigenvalue weighted by molar-refractivity contribution is 9.09. The molecule has 0 radical (unpaired) electrons. The molecule has 1 aliphatic heterocycles. The Morgan fingerprint density at radius 2 is 1.90 bits per heavy atom. The van der Waals surface area contributed by atoms with E-state index in [0.29, 0.717) is 12.3 Å². The van der Waals surface area contributed by atoms with E-state index in [1.165, 1.54) is 36.8 Å². The minimum atomic E-state index is 0.304. The van der Waals surface area contributed by atoms with Gasteiger partial charge in [0.1, 0.15) is 0 Å². The van der Waals surface area contributed by atoms with Gasteiger partial charge >= 0.3 is 0 Å². The molecule has 110 valence electrons. The molecule has 0 saturated carbocycles. The summed E-state index contributed by atoms with van der Waals surface area (Å²) in [5.74, 6) is 1.09. The smallest absolute Gasteiger partial charge is 0.223 e. The fourth-order valence-electron chi connectivity index (χ4n) is 2.84. The second kappa shape index (κ2) is 7.82. The third kappa shape index (κ3) is 4.62. The van der Waals surface area contributed by atoms with Crippen LogP contribution in [0.4, 0.5) is 0 Å². The first-order chi connectivity index (χ1) is 9.69. The van der Waals surface area contributed by atoms with Gasteiger partial charge in [-0.05, 0) is 44.1 Å². The molecule has 3 heteroatoms. The quantitative estimate of drug-likeness (QED) is 0.745. The van der Waals surface area contributed by atoms with Crippen LogP contribution in [0.25, 0.3) is 0 Å². The average Bonchev–Trinajstić information content (AvgIpc) is 2.47. The largest absolute Gasteiger partial charge is 0.343 e. The summed E-state index contributed by atoms with van der Waals surface area (Å²) in [5.41, 5.74) is 2.76. The van der Waals surface area contributed by atoms with Gasteiger partial charge in [0.25, 0.3) is 0 Å². The summed E-state index contributed by atoms with van der Waals surface area (Å²) < 4.78 is 0. The maximum atomic E-state index is 11.8. The lowest BCUT2D eigenvalue weighted by molar-refractivity contribution is -0.132. The zero-order chi connectivity index (χ0) is 14.4. The molecule has 1 aromatic carbocycles. The van der Waals surface area contributed by atoms with E-state index in [-0.39, 0.29) is 0 Å². The van der Waals surface area contributed by atoms with Crippen LogP contribution < -0.4 is 0 Å². The van der Waals surface area contributed by atoms with E-state index in [2.05, 4.69) is 47.1 Å². The van der Waals surface area contributed by atoms with Crippen LogP contribution in [0, 0.1) is 12.8 Å². The van der Waals surface area contributed by atoms with E-state index in [4.69, 9.17) is 0 Å². The number of hydrogen-bond acceptors (Lipinski definition) is 1. The van der Waals surface area contributed by atoms with Crippen molar-refractivity contribution in [2.45, 2.75) is 39.0 Å². The lowest BCUT2D eigenvalue weighted by Crippen LogP contribution is -2.38. The summed E-state index contributed by atoms with van der Waals surface area (Å²) in [5, 5.41) is 0.777. The third-order valence-corrected chi connectivity index (χ3v) is 4.63. The highest BCUT2D eigenvalue weighted by Gasteiger charge is 2.21. The Labute approximate surface area is 130 Å². The van der Waals surface area contributed by atoms with Crippen LogP contribution >= 0.6 is 15.9 Å². The van der Waals surface area contributed by atoms with Crippen molar-refractivity contribution in [3.8, 4) is 0 Å². The maximum Gasteiger partial charge on any atom is 0.223 e. The number of aryl methyl sites for hydroxylation is 2. The molecule has 1 fully saturated rings. The number of alkyl halides is 1. The topological polar surface area (TPSA) is 20.3 Å². The van der Waals surface area contributed by atoms with E-state index < -0.39 is 0 Å². The highest BCUT2D eigenvalue weighted by atomic mass is 79.9. The van der Waals surface area contributed by atoms with Crippen molar-refractivity contribution >= 4 is 21.8 Å². The number of rotatable bonds is 5. The molecule has 0 atom stereocenters. The third-order valence-electron chi connectivity index (χ3n) is 4.24. The zero-order valence-corrected chi connectivity index (χ0v) is 13.9. The van der Waals surface area contributed by atoms with Gasteiger partial charge in [0.2, 0.25) is 5.91 Å². The Morgan fingerprint density at radius 3 is 2.50 bits per heavy atom. The van der Waals surface area contributed by atoms with Gasteiger partial charge in [0.15, 0.2) is 0 Å². The molecule has 2 rings (SSSR count). The average molecular weight is 338 g/mol. The van der Waals surface area contributed by atoms with Crippen molar-refractivity contribution in [3.05, 3.63) is 35.4 Å². The Bertz CT molecular complexity index is 421. The Balaban J connectivity index is 1.72. The van der Waals surface area contributed by atoms with E-state index in [9.17, 15) is 4.79 Å². The normalized spacial score (nSPS) is 16.4. The monoisotopic (exact) mass is 337 g/mol. The van der Waals surface area contributed by atoms with Crippen molar-refractivity contribution in [2.24, 2.45) is 5.92 Å². The van der Waals surface area contributed by atoms with Gasteiger partial charge in [-0.2, -0.15) is 0 Å². The molecule has 1 heterocycles. The molecule has 1 amide bonds. The minimum Gasteiger partial charge on any atom is -0.343 e. The molecular formula is C17H24BrNO. The lowest BCUT2D eigenvalue weighted by Gasteiger charge is -2.32. The van der Waals surface area contributed by atoms with Gasteiger partial charge in [-0.1, -0.05) is 45.8 Å². The maximum absolute atomic E-state index is 11.8. The lowest BCUT2D eigenvalue weighted by atomic mass is 9.90. The molecule has 0 aliphatic carbocycles. The second-order valence-corrected chi connectivity index (χ2v) is 6.58. The number of carbonyl (C=O) groups excluding carboxylic acids is 1. The van der Waals surface area contributed by atoms with Crippen molar-refractivity contribution < 1.29 is 4.79 Å².